The van der Waals surface area contributed by atoms with Crippen molar-refractivity contribution in [1.29, 1.82) is 0 Å². The first-order chi connectivity index (χ1) is 18.7. The predicted molar refractivity (Wildman–Crippen MR) is 134 cm³/mol. The third-order valence-electron chi connectivity index (χ3n) is 6.72. The van der Waals surface area contributed by atoms with Crippen molar-refractivity contribution in [3.05, 3.63) is 58.5 Å². The first-order valence-electron chi connectivity index (χ1n) is 12.4. The molecule has 0 saturated carbocycles. The summed E-state index contributed by atoms with van der Waals surface area (Å²) in [6.07, 6.45) is 0.282. The summed E-state index contributed by atoms with van der Waals surface area (Å²) < 4.78 is 48.4. The molecule has 0 spiro atoms. The van der Waals surface area contributed by atoms with Crippen LogP contribution in [-0.2, 0) is 13.1 Å². The summed E-state index contributed by atoms with van der Waals surface area (Å²) in [5, 5.41) is 11.0. The summed E-state index contributed by atoms with van der Waals surface area (Å²) in [6, 6.07) is 6.14. The smallest absolute Gasteiger partial charge is 0.444 e. The van der Waals surface area contributed by atoms with Crippen molar-refractivity contribution < 1.29 is 27.6 Å². The second kappa shape index (κ2) is 10.9. The Morgan fingerprint density at radius 2 is 1.79 bits per heavy atom. The van der Waals surface area contributed by atoms with Gasteiger partial charge < -0.3 is 29.4 Å². The minimum absolute atomic E-state index is 0.0122. The molecule has 1 atom stereocenters. The number of nitro groups is 1. The number of aromatic nitrogens is 4. The third kappa shape index (κ3) is 6.30. The van der Waals surface area contributed by atoms with Crippen molar-refractivity contribution in [2.75, 3.05) is 49.1 Å². The molecule has 1 saturated heterocycles. The predicted octanol–water partition coefficient (Wildman–Crippen LogP) is 3.09. The first kappa shape index (κ1) is 26.5. The summed E-state index contributed by atoms with van der Waals surface area (Å²) in [6.45, 7) is 6.96. The zero-order valence-electron chi connectivity index (χ0n) is 21.1. The van der Waals surface area contributed by atoms with Crippen molar-refractivity contribution in [2.45, 2.75) is 32.4 Å². The third-order valence-corrected chi connectivity index (χ3v) is 6.72. The average Bonchev–Trinajstić information content (AvgIpc) is 3.36. The molecule has 0 aliphatic carbocycles. The minimum Gasteiger partial charge on any atom is -0.444 e. The van der Waals surface area contributed by atoms with E-state index in [0.717, 1.165) is 17.8 Å². The van der Waals surface area contributed by atoms with Crippen LogP contribution < -0.4 is 19.3 Å². The lowest BCUT2D eigenvalue weighted by Crippen LogP contribution is -2.47. The molecule has 1 fully saturated rings. The van der Waals surface area contributed by atoms with Gasteiger partial charge in [-0.2, -0.15) is 0 Å². The van der Waals surface area contributed by atoms with Crippen molar-refractivity contribution in [1.82, 2.24) is 24.4 Å². The van der Waals surface area contributed by atoms with Gasteiger partial charge in [0.1, 0.15) is 18.6 Å². The van der Waals surface area contributed by atoms with Crippen LogP contribution in [-0.4, -0.2) is 81.1 Å². The van der Waals surface area contributed by atoms with E-state index in [2.05, 4.69) is 34.4 Å². The first-order valence-corrected chi connectivity index (χ1v) is 12.4. The summed E-state index contributed by atoms with van der Waals surface area (Å²) >= 11 is 0. The van der Waals surface area contributed by atoms with Crippen LogP contribution in [0.1, 0.15) is 12.5 Å². The van der Waals surface area contributed by atoms with E-state index < -0.39 is 11.3 Å². The van der Waals surface area contributed by atoms with E-state index in [1.807, 2.05) is 6.92 Å². The Labute approximate surface area is 221 Å². The number of benzene rings is 1. The fraction of sp³-hybridized carbons (Fsp3) is 0.458. The molecule has 0 N–H and O–H groups in total. The number of piperazine rings is 1. The highest BCUT2D eigenvalue weighted by Gasteiger charge is 2.32. The molecule has 0 radical (unpaired) electrons. The van der Waals surface area contributed by atoms with Gasteiger partial charge in [0.15, 0.2) is 0 Å². The van der Waals surface area contributed by atoms with Crippen LogP contribution in [0.2, 0.25) is 0 Å². The highest BCUT2D eigenvalue weighted by atomic mass is 19.4. The number of anilines is 2. The maximum Gasteiger partial charge on any atom is 0.573 e. The molecule has 208 valence electrons. The lowest BCUT2D eigenvalue weighted by Gasteiger charge is -2.36. The molecule has 4 heterocycles. The lowest BCUT2D eigenvalue weighted by atomic mass is 10.2. The SMILES string of the molecule is CCN(Cc1cnc(N2CCN(c3ccc(OC(F)(F)F)cc3)CC2)nc1)[C@@H]1COc2nc([N+](=O)[O-])cn2C1. The van der Waals surface area contributed by atoms with E-state index in [1.54, 1.807) is 29.1 Å². The van der Waals surface area contributed by atoms with Crippen molar-refractivity contribution in [2.24, 2.45) is 0 Å². The minimum atomic E-state index is -4.71. The van der Waals surface area contributed by atoms with Gasteiger partial charge in [-0.3, -0.25) is 9.47 Å². The van der Waals surface area contributed by atoms with Gasteiger partial charge in [-0.25, -0.2) is 9.97 Å². The van der Waals surface area contributed by atoms with Crippen LogP contribution >= 0.6 is 0 Å². The molecular formula is C24H27F3N8O4. The van der Waals surface area contributed by atoms with Gasteiger partial charge in [0.2, 0.25) is 5.95 Å². The highest BCUT2D eigenvalue weighted by molar-refractivity contribution is 5.50. The molecule has 2 aromatic heterocycles. The average molecular weight is 549 g/mol. The molecule has 2 aliphatic rings. The van der Waals surface area contributed by atoms with Gasteiger partial charge in [-0.15, -0.1) is 13.2 Å². The Hall–Kier alpha value is -4.14. The Morgan fingerprint density at radius 3 is 2.41 bits per heavy atom. The van der Waals surface area contributed by atoms with E-state index in [-0.39, 0.29) is 23.6 Å². The molecule has 0 unspecified atom stereocenters. The Bertz CT molecular complexity index is 1280. The molecule has 0 bridgehead atoms. The number of likely N-dealkylation sites (N-methyl/N-ethyl adjacent to an activating group) is 1. The Kier molecular flexibility index (Phi) is 7.41. The number of alkyl halides is 3. The summed E-state index contributed by atoms with van der Waals surface area (Å²) in [5.41, 5.74) is 1.76. The topological polar surface area (TPSA) is 115 Å². The Morgan fingerprint density at radius 1 is 1.13 bits per heavy atom. The molecule has 12 nitrogen and oxygen atoms in total. The molecular weight excluding hydrogens is 521 g/mol. The maximum absolute atomic E-state index is 12.4. The number of hydrogen-bond donors (Lipinski definition) is 0. The van der Waals surface area contributed by atoms with Crippen LogP contribution in [0.5, 0.6) is 11.8 Å². The van der Waals surface area contributed by atoms with Crippen molar-refractivity contribution in [3.8, 4) is 11.8 Å². The second-order valence-electron chi connectivity index (χ2n) is 9.23. The molecule has 39 heavy (non-hydrogen) atoms. The number of imidazole rings is 1. The van der Waals surface area contributed by atoms with Gasteiger partial charge in [-0.1, -0.05) is 6.92 Å². The zero-order chi connectivity index (χ0) is 27.6. The van der Waals surface area contributed by atoms with Gasteiger partial charge >= 0.3 is 18.2 Å². The number of halogens is 3. The van der Waals surface area contributed by atoms with Gasteiger partial charge in [-0.05, 0) is 35.7 Å². The van der Waals surface area contributed by atoms with Gasteiger partial charge in [0.25, 0.3) is 0 Å². The highest BCUT2D eigenvalue weighted by Crippen LogP contribution is 2.27. The number of fused-ring (bicyclic) bond motifs is 1. The molecule has 15 heteroatoms. The summed E-state index contributed by atoms with van der Waals surface area (Å²) in [7, 11) is 0. The van der Waals surface area contributed by atoms with Crippen LogP contribution in [0.15, 0.2) is 42.9 Å². The second-order valence-corrected chi connectivity index (χ2v) is 9.23. The number of nitrogens with zero attached hydrogens (tertiary/aromatic N) is 8. The van der Waals surface area contributed by atoms with Crippen molar-refractivity contribution in [3.63, 3.8) is 0 Å². The summed E-state index contributed by atoms with van der Waals surface area (Å²) in [5.74, 6) is 0.144. The summed E-state index contributed by atoms with van der Waals surface area (Å²) in [4.78, 5) is 29.9. The monoisotopic (exact) mass is 548 g/mol. The number of hydrogen-bond acceptors (Lipinski definition) is 10. The fourth-order valence-electron chi connectivity index (χ4n) is 4.74. The Balaban J connectivity index is 1.14. The fourth-order valence-corrected chi connectivity index (χ4v) is 4.74. The van der Waals surface area contributed by atoms with Crippen LogP contribution in [0.3, 0.4) is 0 Å². The standard InChI is InChI=1S/C24H27F3N8O4/c1-2-31(19-14-34-15-21(35(36)37)30-23(34)38-16-19)13-17-11-28-22(29-12-17)33-9-7-32(8-10-33)18-3-5-20(6-4-18)39-24(25,26)27/h3-6,11-12,15,19H,2,7-10,13-14,16H2,1H3/t19-/m0/s1. The number of ether oxygens (including phenoxy) is 2. The van der Waals surface area contributed by atoms with E-state index in [4.69, 9.17) is 4.74 Å². The normalized spacial score (nSPS) is 17.6. The van der Waals surface area contributed by atoms with Gasteiger partial charge in [0.05, 0.1) is 6.04 Å². The van der Waals surface area contributed by atoms with Crippen LogP contribution in [0.4, 0.5) is 30.6 Å². The van der Waals surface area contributed by atoms with Crippen molar-refractivity contribution >= 4 is 17.5 Å². The quantitative estimate of drug-likeness (QED) is 0.307. The maximum atomic E-state index is 12.4. The largest absolute Gasteiger partial charge is 0.573 e. The van der Waals surface area contributed by atoms with E-state index in [9.17, 15) is 23.3 Å². The lowest BCUT2D eigenvalue weighted by molar-refractivity contribution is -0.389. The van der Waals surface area contributed by atoms with E-state index in [1.165, 1.54) is 18.3 Å². The molecule has 0 amide bonds. The van der Waals surface area contributed by atoms with Gasteiger partial charge in [0, 0.05) is 67.9 Å². The molecule has 2 aliphatic heterocycles. The van der Waals surface area contributed by atoms with E-state index in [0.29, 0.717) is 51.8 Å². The molecule has 1 aromatic carbocycles. The molecule has 3 aromatic rings. The number of rotatable bonds is 8. The zero-order valence-corrected chi connectivity index (χ0v) is 21.1. The van der Waals surface area contributed by atoms with Crippen LogP contribution in [0.25, 0.3) is 0 Å². The van der Waals surface area contributed by atoms with Crippen LogP contribution in [0, 0.1) is 10.1 Å². The molecule has 5 rings (SSSR count). The van der Waals surface area contributed by atoms with E-state index >= 15 is 0 Å².